The van der Waals surface area contributed by atoms with Gasteiger partial charge in [-0.3, -0.25) is 4.79 Å². The molecule has 1 amide bonds. The van der Waals surface area contributed by atoms with Gasteiger partial charge in [-0.15, -0.1) is 0 Å². The van der Waals surface area contributed by atoms with Crippen molar-refractivity contribution in [2.75, 3.05) is 11.1 Å². The third kappa shape index (κ3) is 4.70. The lowest BCUT2D eigenvalue weighted by Crippen LogP contribution is -2.45. The number of nitrogens with one attached hydrogen (secondary N) is 1. The molecule has 2 rings (SSSR count). The molecule has 0 radical (unpaired) electrons. The lowest BCUT2D eigenvalue weighted by Gasteiger charge is -2.22. The van der Waals surface area contributed by atoms with E-state index in [2.05, 4.69) is 5.32 Å². The molecule has 0 fully saturated rings. The highest BCUT2D eigenvalue weighted by Gasteiger charge is 2.36. The molecule has 8 heteroatoms. The van der Waals surface area contributed by atoms with Crippen LogP contribution in [0.3, 0.4) is 0 Å². The number of benzene rings is 2. The van der Waals surface area contributed by atoms with E-state index in [1.165, 1.54) is 24.3 Å². The number of hydrogen-bond donors (Lipinski definition) is 2. The fraction of sp³-hybridized carbons (Fsp3) is 0.188. The Labute approximate surface area is 150 Å². The highest BCUT2D eigenvalue weighted by molar-refractivity contribution is 7.91. The van der Waals surface area contributed by atoms with Crippen LogP contribution in [0.2, 0.25) is 10.0 Å². The lowest BCUT2D eigenvalue weighted by molar-refractivity contribution is -0.130. The van der Waals surface area contributed by atoms with E-state index in [4.69, 9.17) is 23.2 Å². The summed E-state index contributed by atoms with van der Waals surface area (Å²) < 4.78 is 24.8. The molecule has 0 aromatic heterocycles. The molecule has 5 nitrogen and oxygen atoms in total. The number of carbonyl (C=O) groups is 1. The average Bonchev–Trinajstić information content (AvgIpc) is 2.48. The summed E-state index contributed by atoms with van der Waals surface area (Å²) >= 11 is 11.5. The first-order valence-corrected chi connectivity index (χ1v) is 9.29. The molecule has 0 aliphatic carbocycles. The van der Waals surface area contributed by atoms with Crippen LogP contribution in [0.5, 0.6) is 0 Å². The fourth-order valence-corrected chi connectivity index (χ4v) is 3.99. The molecule has 0 saturated heterocycles. The van der Waals surface area contributed by atoms with E-state index in [0.29, 0.717) is 10.7 Å². The molecule has 2 N–H and O–H groups in total. The first-order chi connectivity index (χ1) is 11.1. The molecular formula is C16H15Cl2NO4S. The highest BCUT2D eigenvalue weighted by atomic mass is 35.5. The minimum atomic E-state index is -3.90. The van der Waals surface area contributed by atoms with Gasteiger partial charge in [0.2, 0.25) is 0 Å². The maximum atomic E-state index is 12.4. The van der Waals surface area contributed by atoms with Gasteiger partial charge < -0.3 is 10.4 Å². The maximum Gasteiger partial charge on any atom is 0.257 e. The molecule has 1 atom stereocenters. The van der Waals surface area contributed by atoms with Gasteiger partial charge in [0, 0.05) is 15.7 Å². The van der Waals surface area contributed by atoms with Crippen LogP contribution in [-0.4, -0.2) is 30.8 Å². The van der Waals surface area contributed by atoms with Crippen LogP contribution in [0.25, 0.3) is 0 Å². The molecule has 2 aromatic carbocycles. The van der Waals surface area contributed by atoms with Crippen LogP contribution in [0.1, 0.15) is 6.92 Å². The van der Waals surface area contributed by atoms with Crippen LogP contribution in [0.4, 0.5) is 5.69 Å². The van der Waals surface area contributed by atoms with Gasteiger partial charge in [0.15, 0.2) is 15.4 Å². The molecule has 2 aromatic rings. The van der Waals surface area contributed by atoms with E-state index in [1.807, 2.05) is 0 Å². The summed E-state index contributed by atoms with van der Waals surface area (Å²) in [6, 6.07) is 11.9. The summed E-state index contributed by atoms with van der Waals surface area (Å²) in [6.45, 7) is 1.14. The second kappa shape index (κ2) is 7.11. The Morgan fingerprint density at radius 2 is 1.75 bits per heavy atom. The van der Waals surface area contributed by atoms with Gasteiger partial charge in [-0.2, -0.15) is 0 Å². The molecule has 0 bridgehead atoms. The zero-order valence-electron chi connectivity index (χ0n) is 12.7. The van der Waals surface area contributed by atoms with Crippen molar-refractivity contribution < 1.29 is 18.3 Å². The van der Waals surface area contributed by atoms with Crippen molar-refractivity contribution in [1.29, 1.82) is 0 Å². The van der Waals surface area contributed by atoms with Crippen molar-refractivity contribution in [3.8, 4) is 0 Å². The Morgan fingerprint density at radius 1 is 1.12 bits per heavy atom. The molecule has 0 saturated carbocycles. The Morgan fingerprint density at radius 3 is 2.33 bits per heavy atom. The van der Waals surface area contributed by atoms with Crippen LogP contribution < -0.4 is 5.32 Å². The number of aliphatic hydroxyl groups is 1. The van der Waals surface area contributed by atoms with Gasteiger partial charge in [-0.1, -0.05) is 29.3 Å². The quantitative estimate of drug-likeness (QED) is 0.824. The molecule has 0 aliphatic rings. The van der Waals surface area contributed by atoms with Gasteiger partial charge in [0.1, 0.15) is 0 Å². The van der Waals surface area contributed by atoms with Crippen molar-refractivity contribution in [3.63, 3.8) is 0 Å². The largest absolute Gasteiger partial charge is 0.379 e. The van der Waals surface area contributed by atoms with Crippen LogP contribution in [-0.2, 0) is 14.6 Å². The molecule has 128 valence electrons. The average molecular weight is 388 g/mol. The first-order valence-electron chi connectivity index (χ1n) is 6.88. The molecule has 24 heavy (non-hydrogen) atoms. The standard InChI is InChI=1S/C16H15Cl2NO4S/c1-16(21,15(20)19-13-7-5-11(17)6-8-13)10-24(22,23)14-4-2-3-12(18)9-14/h2-9,21H,10H2,1H3,(H,19,20)/t16-/m0/s1. The van der Waals surface area contributed by atoms with Crippen molar-refractivity contribution in [3.05, 3.63) is 58.6 Å². The van der Waals surface area contributed by atoms with E-state index < -0.39 is 27.1 Å². The van der Waals surface area contributed by atoms with Gasteiger partial charge in [0.05, 0.1) is 10.6 Å². The minimum Gasteiger partial charge on any atom is -0.379 e. The van der Waals surface area contributed by atoms with Gasteiger partial charge in [0.25, 0.3) is 5.91 Å². The van der Waals surface area contributed by atoms with Crippen LogP contribution >= 0.6 is 23.2 Å². The van der Waals surface area contributed by atoms with E-state index in [-0.39, 0.29) is 9.92 Å². The SMILES string of the molecule is C[C@](O)(CS(=O)(=O)c1cccc(Cl)c1)C(=O)Nc1ccc(Cl)cc1. The highest BCUT2D eigenvalue weighted by Crippen LogP contribution is 2.22. The molecule has 0 spiro atoms. The van der Waals surface area contributed by atoms with Crippen LogP contribution in [0.15, 0.2) is 53.4 Å². The number of sulfone groups is 1. The van der Waals surface area contributed by atoms with E-state index in [9.17, 15) is 18.3 Å². The molecule has 0 aliphatic heterocycles. The van der Waals surface area contributed by atoms with Gasteiger partial charge >= 0.3 is 0 Å². The normalized spacial score (nSPS) is 14.0. The third-order valence-corrected chi connectivity index (χ3v) is 5.62. The fourth-order valence-electron chi connectivity index (χ4n) is 1.98. The lowest BCUT2D eigenvalue weighted by atomic mass is 10.1. The molecule has 0 heterocycles. The summed E-state index contributed by atoms with van der Waals surface area (Å²) in [7, 11) is -3.90. The van der Waals surface area contributed by atoms with E-state index >= 15 is 0 Å². The topological polar surface area (TPSA) is 83.5 Å². The summed E-state index contributed by atoms with van der Waals surface area (Å²) in [5.41, 5.74) is -1.73. The Balaban J connectivity index is 2.17. The Bertz CT molecular complexity index is 849. The third-order valence-electron chi connectivity index (χ3n) is 3.22. The van der Waals surface area contributed by atoms with Crippen molar-refractivity contribution in [2.45, 2.75) is 17.4 Å². The van der Waals surface area contributed by atoms with E-state index in [1.54, 1.807) is 24.3 Å². The van der Waals surface area contributed by atoms with Crippen LogP contribution in [0, 0.1) is 0 Å². The van der Waals surface area contributed by atoms with Crippen molar-refractivity contribution in [1.82, 2.24) is 0 Å². The van der Waals surface area contributed by atoms with Gasteiger partial charge in [-0.05, 0) is 49.4 Å². The monoisotopic (exact) mass is 387 g/mol. The number of hydrogen-bond acceptors (Lipinski definition) is 4. The van der Waals surface area contributed by atoms with Crippen molar-refractivity contribution in [2.24, 2.45) is 0 Å². The second-order valence-corrected chi connectivity index (χ2v) is 8.31. The summed E-state index contributed by atoms with van der Waals surface area (Å²) in [5, 5.41) is 13.5. The number of rotatable bonds is 5. The maximum absolute atomic E-state index is 12.4. The number of amides is 1. The molecular weight excluding hydrogens is 373 g/mol. The van der Waals surface area contributed by atoms with Crippen molar-refractivity contribution >= 4 is 44.6 Å². The zero-order valence-corrected chi connectivity index (χ0v) is 15.0. The predicted molar refractivity (Wildman–Crippen MR) is 94.2 cm³/mol. The van der Waals surface area contributed by atoms with E-state index in [0.717, 1.165) is 6.92 Å². The number of carbonyl (C=O) groups excluding carboxylic acids is 1. The zero-order chi connectivity index (χ0) is 18.0. The molecule has 0 unspecified atom stereocenters. The smallest absolute Gasteiger partial charge is 0.257 e. The number of halogens is 2. The summed E-state index contributed by atoms with van der Waals surface area (Å²) in [6.07, 6.45) is 0. The summed E-state index contributed by atoms with van der Waals surface area (Å²) in [5.74, 6) is -1.62. The second-order valence-electron chi connectivity index (χ2n) is 5.45. The minimum absolute atomic E-state index is 0.0606. The number of anilines is 1. The predicted octanol–water partition coefficient (Wildman–Crippen LogP) is 3.16. The van der Waals surface area contributed by atoms with Gasteiger partial charge in [-0.25, -0.2) is 8.42 Å². The Kier molecular flexibility index (Phi) is 5.55. The first kappa shape index (κ1) is 18.7. The Hall–Kier alpha value is -1.60. The summed E-state index contributed by atoms with van der Waals surface area (Å²) in [4.78, 5) is 12.1.